The van der Waals surface area contributed by atoms with Gasteiger partial charge in [-0.3, -0.25) is 72.3 Å². The summed E-state index contributed by atoms with van der Waals surface area (Å²) in [4.78, 5) is 209. The Bertz CT molecular complexity index is 3560. The molecule has 2 heterocycles. The highest BCUT2D eigenvalue weighted by Gasteiger charge is 2.42. The smallest absolute Gasteiger partial charge is 0.326 e. The second-order valence-electron chi connectivity index (χ2n) is 29.8. The number of hydrogen-bond donors (Lipinski definition) is 21. The Kier molecular flexibility index (Phi) is 42.2. The summed E-state index contributed by atoms with van der Waals surface area (Å²) < 4.78 is 0. The van der Waals surface area contributed by atoms with E-state index < -0.39 is 174 Å². The fourth-order valence-corrected chi connectivity index (χ4v) is 12.9. The van der Waals surface area contributed by atoms with Crippen LogP contribution in [0, 0.1) is 17.8 Å². The van der Waals surface area contributed by atoms with E-state index >= 15 is 14.4 Å². The van der Waals surface area contributed by atoms with E-state index in [1.54, 1.807) is 56.3 Å². The zero-order valence-electron chi connectivity index (χ0n) is 66.4. The number of guanidine groups is 2. The summed E-state index contributed by atoms with van der Waals surface area (Å²) >= 11 is 0. The van der Waals surface area contributed by atoms with E-state index in [0.717, 1.165) is 0 Å². The summed E-state index contributed by atoms with van der Waals surface area (Å²) in [6.07, 6.45) is 1.44. The van der Waals surface area contributed by atoms with Crippen molar-refractivity contribution in [2.24, 2.45) is 67.9 Å². The molecule has 634 valence electrons. The average molecular weight is 1600 g/mol. The number of likely N-dealkylation sites (tertiary alicyclic amines) is 1. The van der Waals surface area contributed by atoms with Crippen molar-refractivity contribution in [3.8, 4) is 5.75 Å². The zero-order valence-corrected chi connectivity index (χ0v) is 66.4. The van der Waals surface area contributed by atoms with Crippen LogP contribution in [0.25, 0.3) is 0 Å². The van der Waals surface area contributed by atoms with Crippen molar-refractivity contribution < 1.29 is 77.3 Å². The number of aliphatic carboxylic acids is 1. The molecule has 2 saturated heterocycles. The van der Waals surface area contributed by atoms with E-state index in [1.165, 1.54) is 17.0 Å². The zero-order chi connectivity index (χ0) is 84.6. The molecule has 2 aliphatic heterocycles. The molecule has 38 nitrogen and oxygen atoms in total. The maximum Gasteiger partial charge on any atom is 0.326 e. The lowest BCUT2D eigenvalue weighted by atomic mass is 9.96. The molecular weight excluding hydrogens is 1480 g/mol. The second-order valence-corrected chi connectivity index (χ2v) is 29.8. The fraction of sp³-hybridized carbons (Fsp3) is 0.632. The third-order valence-corrected chi connectivity index (χ3v) is 19.3. The topological polar surface area (TPSA) is 634 Å². The van der Waals surface area contributed by atoms with Crippen molar-refractivity contribution in [1.82, 2.24) is 68.7 Å². The number of carbonyl (C=O) groups is 14. The van der Waals surface area contributed by atoms with Gasteiger partial charge in [0.2, 0.25) is 76.8 Å². The number of aliphatic imine (C=N–C) groups is 2. The summed E-state index contributed by atoms with van der Waals surface area (Å²) in [5.41, 5.74) is 41.4. The van der Waals surface area contributed by atoms with Gasteiger partial charge in [0, 0.05) is 32.6 Å². The number of carboxylic acid groups (broad SMARTS) is 1. The molecule has 13 amide bonds. The molecule has 13 atom stereocenters. The Morgan fingerprint density at radius 1 is 0.588 bits per heavy atom. The standard InChI is InChI=1S/C76H124N22O16/c1-7-45(6)62(72(111)92-53(25-17-35-86-76(82)83)73(112)98-36-18-26-59(98)71(110)91-51(21-11-13-31-77)66(105)95-56(38-44(4)5)68(107)93-54(74(113)114)22-12-14-32-78)97-67(106)52(24-16-34-85-75(80)81)90-65(104)50-23-15-33-84-64(103)55(37-43(2)3)94-69(108)57(40-46-19-9-8-10-20-46)96-70(109)58(41-60(100)88-50)89-61(101)42-87-63(102)49(79)39-47-27-29-48(99)30-28-47/h8-10,19-20,27-30,43-45,49-59,62,99H,7,11-18,21-26,31-42,77-79H2,1-6H3,(H,84,103)(H,87,102)(H,88,100)(H,89,101)(H,90,104)(H,91,110)(H,92,111)(H,93,107)(H,94,108)(H,95,105)(H,96,109)(H,97,106)(H,113,114)(H4,80,81,85)(H4,82,83,86)/t45-,49+,50+,51-,52-,53-,54-,55-,56-,57+,58-,59-,62-/m0/s1. The van der Waals surface area contributed by atoms with Gasteiger partial charge < -0.3 is 119 Å². The first-order valence-electron chi connectivity index (χ1n) is 39.3. The SMILES string of the molecule is CC[C@H](C)[C@H](NC(=O)[C@H](CCCN=C(N)N)NC(=O)[C@H]1CCCNC(=O)[C@H](CC(C)C)NC(=O)[C@@H](Cc2ccccc2)NC(=O)[C@@H](NC(=O)CNC(=O)[C@H](N)Cc2ccc(O)cc2)CC(=O)N1)C(=O)N[C@@H](CCCN=C(N)N)C(=O)N1CCC[C@H]1C(=O)N[C@@H](CCCCN)C(=O)N[C@@H](CC(C)C)C(=O)N[C@@H](CCCCN)C(=O)O. The molecule has 114 heavy (non-hydrogen) atoms. The number of nitrogens with zero attached hydrogens (tertiary/aromatic N) is 3. The van der Waals surface area contributed by atoms with Gasteiger partial charge >= 0.3 is 5.97 Å². The van der Waals surface area contributed by atoms with Gasteiger partial charge in [0.15, 0.2) is 11.9 Å². The number of nitrogens with one attached hydrogen (secondary N) is 12. The highest BCUT2D eigenvalue weighted by atomic mass is 16.4. The Labute approximate surface area is 665 Å². The van der Waals surface area contributed by atoms with Crippen LogP contribution in [0.5, 0.6) is 5.75 Å². The lowest BCUT2D eigenvalue weighted by Gasteiger charge is -2.32. The van der Waals surface area contributed by atoms with Gasteiger partial charge in [0.1, 0.15) is 72.2 Å². The van der Waals surface area contributed by atoms with Crippen LogP contribution in [0.4, 0.5) is 0 Å². The van der Waals surface area contributed by atoms with E-state index in [0.29, 0.717) is 49.8 Å². The molecule has 28 N–H and O–H groups in total. The average Bonchev–Trinajstić information content (AvgIpc) is 1.64. The van der Waals surface area contributed by atoms with Crippen LogP contribution in [0.1, 0.15) is 168 Å². The number of phenols is 1. The lowest BCUT2D eigenvalue weighted by molar-refractivity contribution is -0.143. The predicted octanol–water partition coefficient (Wildman–Crippen LogP) is -3.65. The first kappa shape index (κ1) is 95.6. The number of unbranched alkanes of at least 4 members (excludes halogenated alkanes) is 2. The van der Waals surface area contributed by atoms with Crippen molar-refractivity contribution in [3.05, 3.63) is 65.7 Å². The maximum atomic E-state index is 15.1. The molecule has 2 aromatic carbocycles. The van der Waals surface area contributed by atoms with Gasteiger partial charge in [-0.05, 0) is 163 Å². The first-order valence-corrected chi connectivity index (χ1v) is 39.3. The van der Waals surface area contributed by atoms with Gasteiger partial charge in [-0.15, -0.1) is 0 Å². The van der Waals surface area contributed by atoms with Gasteiger partial charge in [0.25, 0.3) is 0 Å². The molecule has 0 spiro atoms. The third kappa shape index (κ3) is 34.7. The highest BCUT2D eigenvalue weighted by Crippen LogP contribution is 2.23. The normalized spacial score (nSPS) is 19.0. The molecular formula is C76H124N22O16. The molecule has 2 fully saturated rings. The Balaban J connectivity index is 1.69. The summed E-state index contributed by atoms with van der Waals surface area (Å²) in [5.74, 6) is -13.7. The minimum absolute atomic E-state index is 0.00200. The number of carbonyl (C=O) groups excluding carboxylic acids is 13. The number of phenolic OH excluding ortho intramolecular Hbond substituents is 1. The minimum Gasteiger partial charge on any atom is -0.508 e. The van der Waals surface area contributed by atoms with Crippen molar-refractivity contribution in [2.75, 3.05) is 45.8 Å². The van der Waals surface area contributed by atoms with Crippen LogP contribution >= 0.6 is 0 Å². The fourth-order valence-electron chi connectivity index (χ4n) is 12.9. The molecule has 2 aliphatic rings. The number of nitrogens with two attached hydrogens (primary N) is 7. The van der Waals surface area contributed by atoms with Gasteiger partial charge in [-0.2, -0.15) is 0 Å². The van der Waals surface area contributed by atoms with Crippen molar-refractivity contribution >= 4 is 94.7 Å². The summed E-state index contributed by atoms with van der Waals surface area (Å²) in [5, 5.41) is 51.7. The van der Waals surface area contributed by atoms with Crippen molar-refractivity contribution in [3.63, 3.8) is 0 Å². The highest BCUT2D eigenvalue weighted by molar-refractivity contribution is 6.00. The number of hydrogen-bond acceptors (Lipinski definition) is 20. The molecule has 0 aromatic heterocycles. The monoisotopic (exact) mass is 1600 g/mol. The number of rotatable bonds is 44. The quantitative estimate of drug-likeness (QED) is 0.0173. The van der Waals surface area contributed by atoms with Crippen LogP contribution in [0.3, 0.4) is 0 Å². The predicted molar refractivity (Wildman–Crippen MR) is 425 cm³/mol. The van der Waals surface area contributed by atoms with Crippen LogP contribution in [0.15, 0.2) is 64.6 Å². The molecule has 0 radical (unpaired) electrons. The van der Waals surface area contributed by atoms with E-state index in [1.807, 2.05) is 27.7 Å². The molecule has 38 heteroatoms. The molecule has 0 unspecified atom stereocenters. The van der Waals surface area contributed by atoms with Gasteiger partial charge in [0.05, 0.1) is 19.0 Å². The van der Waals surface area contributed by atoms with Gasteiger partial charge in [-0.1, -0.05) is 90.4 Å². The van der Waals surface area contributed by atoms with E-state index in [2.05, 4.69) is 73.8 Å². The number of aromatic hydroxyl groups is 1. The largest absolute Gasteiger partial charge is 0.508 e. The third-order valence-electron chi connectivity index (χ3n) is 19.3. The van der Waals surface area contributed by atoms with Crippen LogP contribution < -0.4 is 104 Å². The van der Waals surface area contributed by atoms with Crippen molar-refractivity contribution in [1.29, 1.82) is 0 Å². The Hall–Kier alpha value is -10.8. The van der Waals surface area contributed by atoms with Gasteiger partial charge in [-0.25, -0.2) is 4.79 Å². The lowest BCUT2D eigenvalue weighted by Crippen LogP contribution is -2.61. The first-order chi connectivity index (χ1) is 54.1. The van der Waals surface area contributed by atoms with E-state index in [-0.39, 0.29) is 152 Å². The van der Waals surface area contributed by atoms with E-state index in [4.69, 9.17) is 40.1 Å². The minimum atomic E-state index is -1.81. The maximum absolute atomic E-state index is 15.1. The van der Waals surface area contributed by atoms with Crippen molar-refractivity contribution in [2.45, 2.75) is 242 Å². The summed E-state index contributed by atoms with van der Waals surface area (Å²) in [6, 6.07) is -1.92. The second kappa shape index (κ2) is 50.4. The molecule has 0 saturated carbocycles. The van der Waals surface area contributed by atoms with Crippen LogP contribution in [0.2, 0.25) is 0 Å². The van der Waals surface area contributed by atoms with Crippen LogP contribution in [-0.2, 0) is 80.0 Å². The summed E-state index contributed by atoms with van der Waals surface area (Å²) in [7, 11) is 0. The Morgan fingerprint density at radius 3 is 1.74 bits per heavy atom. The molecule has 4 rings (SSSR count). The number of carboxylic acids is 1. The molecule has 2 aromatic rings. The van der Waals surface area contributed by atoms with Crippen LogP contribution in [-0.4, -0.2) is 228 Å². The molecule has 0 bridgehead atoms. The number of amides is 13. The number of benzene rings is 2. The summed E-state index contributed by atoms with van der Waals surface area (Å²) in [6.45, 7) is 10.4. The Morgan fingerprint density at radius 2 is 1.15 bits per heavy atom. The van der Waals surface area contributed by atoms with E-state index in [9.17, 15) is 63.0 Å². The molecule has 0 aliphatic carbocycles.